The van der Waals surface area contributed by atoms with Crippen molar-refractivity contribution < 1.29 is 50.5 Å². The Bertz CT molecular complexity index is 1360. The summed E-state index contributed by atoms with van der Waals surface area (Å²) in [6, 6.07) is 7.46. The van der Waals surface area contributed by atoms with Gasteiger partial charge in [0.15, 0.2) is 5.76 Å². The Morgan fingerprint density at radius 3 is 2.55 bits per heavy atom. The number of aliphatic hydroxyl groups excluding tert-OH is 1. The van der Waals surface area contributed by atoms with Crippen LogP contribution >= 0.6 is 20.0 Å². The molecular weight excluding hydrogens is 583 g/mol. The maximum absolute atomic E-state index is 15.5. The molecule has 4 N–H and O–H groups in total. The topological polar surface area (TPSA) is 147 Å². The molecule has 2 unspecified atom stereocenters. The maximum atomic E-state index is 15.5. The first-order valence-corrected chi connectivity index (χ1v) is 13.6. The smallest absolute Gasteiger partial charge is 0.459 e. The summed E-state index contributed by atoms with van der Waals surface area (Å²) in [7, 11) is -4.51. The van der Waals surface area contributed by atoms with Gasteiger partial charge < -0.3 is 24.8 Å². The Balaban J connectivity index is 1.93. The lowest BCUT2D eigenvalue weighted by molar-refractivity contribution is -0.286. The number of aliphatic hydroxyl groups is 1. The van der Waals surface area contributed by atoms with E-state index in [-0.39, 0.29) is 11.6 Å². The second kappa shape index (κ2) is 12.1. The van der Waals surface area contributed by atoms with Crippen LogP contribution in [-0.2, 0) is 23.4 Å². The number of anilines is 1. The van der Waals surface area contributed by atoms with Crippen LogP contribution in [0, 0.1) is 4.77 Å². The summed E-state index contributed by atoms with van der Waals surface area (Å²) in [5.74, 6) is -2.75. The first-order valence-electron chi connectivity index (χ1n) is 11.7. The third-order valence-corrected chi connectivity index (χ3v) is 7.28. The van der Waals surface area contributed by atoms with E-state index < -0.39 is 73.3 Å². The van der Waals surface area contributed by atoms with Gasteiger partial charge in [0.1, 0.15) is 30.0 Å². The van der Waals surface area contributed by atoms with Gasteiger partial charge in [0.25, 0.3) is 5.67 Å². The fraction of sp³-hybridized carbons (Fsp3) is 0.435. The number of para-hydroxylation sites is 1. The summed E-state index contributed by atoms with van der Waals surface area (Å²) in [4.78, 5) is 16.0. The molecule has 11 nitrogen and oxygen atoms in total. The van der Waals surface area contributed by atoms with Crippen molar-refractivity contribution in [1.29, 1.82) is 0 Å². The number of aromatic nitrogens is 2. The fourth-order valence-corrected chi connectivity index (χ4v) is 5.15. The molecule has 0 spiro atoms. The van der Waals surface area contributed by atoms with Gasteiger partial charge in [-0.05, 0) is 51.2 Å². The van der Waals surface area contributed by atoms with Gasteiger partial charge in [-0.25, -0.2) is 13.9 Å². The van der Waals surface area contributed by atoms with Crippen LogP contribution in [0.4, 0.5) is 23.4 Å². The van der Waals surface area contributed by atoms with E-state index in [1.807, 2.05) is 0 Å². The first-order chi connectivity index (χ1) is 18.5. The normalized spacial score (nSPS) is 21.9. The Hall–Kier alpha value is -3.20. The van der Waals surface area contributed by atoms with Gasteiger partial charge in [-0.3, -0.25) is 13.9 Å². The van der Waals surface area contributed by atoms with Crippen LogP contribution in [0.3, 0.4) is 0 Å². The molecule has 220 valence electrons. The Morgan fingerprint density at radius 2 is 1.98 bits per heavy atom. The van der Waals surface area contributed by atoms with Crippen LogP contribution in [-0.4, -0.2) is 51.2 Å². The molecule has 1 aromatic carbocycles. The number of hydrogen-bond donors (Lipinski definition) is 3. The molecule has 1 aromatic heterocycles. The summed E-state index contributed by atoms with van der Waals surface area (Å²) in [6.45, 7) is 3.55. The fourth-order valence-electron chi connectivity index (χ4n) is 3.44. The molecule has 2 heterocycles. The number of benzene rings is 1. The van der Waals surface area contributed by atoms with Gasteiger partial charge >= 0.3 is 19.9 Å². The van der Waals surface area contributed by atoms with Gasteiger partial charge in [0, 0.05) is 6.20 Å². The number of esters is 1. The largest absolute Gasteiger partial charge is 0.509 e. The number of nitrogen functional groups attached to an aromatic ring is 1. The van der Waals surface area contributed by atoms with Crippen molar-refractivity contribution >= 4 is 31.8 Å². The van der Waals surface area contributed by atoms with Crippen molar-refractivity contribution in [2.45, 2.75) is 57.4 Å². The van der Waals surface area contributed by atoms with Crippen LogP contribution in [0.25, 0.3) is 0 Å². The zero-order valence-electron chi connectivity index (χ0n) is 21.4. The third kappa shape index (κ3) is 7.30. The van der Waals surface area contributed by atoms with E-state index in [1.165, 1.54) is 19.1 Å². The van der Waals surface area contributed by atoms with Crippen LogP contribution < -0.4 is 15.3 Å². The SMILES string of the molecule is CC(C)OC(=O)[C@H](C)NP(=O)(OCC1=C(O)CC(F)(C(F)(F)F)[C@H](n2ccc(N)nc2=S)O1)Oc1ccccc1. The number of hydrogen-bond acceptors (Lipinski definition) is 10. The molecular formula is C23H27F4N4O7PS. The molecule has 4 atom stereocenters. The summed E-state index contributed by atoms with van der Waals surface area (Å²) in [5, 5.41) is 12.7. The Kier molecular flexibility index (Phi) is 9.50. The van der Waals surface area contributed by atoms with E-state index >= 15 is 4.39 Å². The van der Waals surface area contributed by atoms with Gasteiger partial charge in [-0.15, -0.1) is 0 Å². The molecule has 3 rings (SSSR count). The first kappa shape index (κ1) is 31.3. The average Bonchev–Trinajstić information content (AvgIpc) is 2.83. The van der Waals surface area contributed by atoms with Crippen LogP contribution in [0.2, 0.25) is 0 Å². The highest BCUT2D eigenvalue weighted by Crippen LogP contribution is 2.52. The van der Waals surface area contributed by atoms with Crippen LogP contribution in [0.1, 0.15) is 33.4 Å². The van der Waals surface area contributed by atoms with Crippen molar-refractivity contribution in [1.82, 2.24) is 14.6 Å². The summed E-state index contributed by atoms with van der Waals surface area (Å²) < 4.78 is 91.9. The second-order valence-corrected chi connectivity index (χ2v) is 11.0. The molecule has 1 aliphatic heterocycles. The van der Waals surface area contributed by atoms with Gasteiger partial charge in [0.05, 0.1) is 12.5 Å². The molecule has 40 heavy (non-hydrogen) atoms. The molecule has 2 aromatic rings. The van der Waals surface area contributed by atoms with Gasteiger partial charge in [0.2, 0.25) is 11.0 Å². The quantitative estimate of drug-likeness (QED) is 0.140. The summed E-state index contributed by atoms with van der Waals surface area (Å²) in [5.41, 5.74) is 1.36. The number of carbonyl (C=O) groups is 1. The monoisotopic (exact) mass is 610 g/mol. The molecule has 0 fully saturated rings. The minimum atomic E-state index is -5.52. The molecule has 0 amide bonds. The predicted molar refractivity (Wildman–Crippen MR) is 136 cm³/mol. The van der Waals surface area contributed by atoms with Crippen molar-refractivity contribution in [2.75, 3.05) is 12.3 Å². The highest BCUT2D eigenvalue weighted by Gasteiger charge is 2.65. The average molecular weight is 611 g/mol. The van der Waals surface area contributed by atoms with E-state index in [0.29, 0.717) is 4.57 Å². The molecule has 1 aliphatic rings. The number of carbonyl (C=O) groups excluding carboxylic acids is 1. The van der Waals surface area contributed by atoms with Crippen molar-refractivity contribution in [3.63, 3.8) is 0 Å². The standard InChI is InChI=1S/C23H27F4N4O7PS/c1-13(2)36-19(33)14(3)30-39(34,38-15-7-5-4-6-8-15)35-12-17-16(32)11-22(24,23(25,26)27)20(37-17)31-10-9-18(28)29-21(31)40/h4-10,13-14,20,32H,11-12H2,1-3H3,(H,30,34)(H2,28,29,40)/t14-,20+,22?,39?/m0/s1. The lowest BCUT2D eigenvalue weighted by Gasteiger charge is -2.40. The number of nitrogens with one attached hydrogen (secondary N) is 1. The number of nitrogens with two attached hydrogens (primary N) is 1. The molecule has 0 bridgehead atoms. The van der Waals surface area contributed by atoms with E-state index in [1.54, 1.807) is 32.0 Å². The third-order valence-electron chi connectivity index (χ3n) is 5.36. The van der Waals surface area contributed by atoms with Gasteiger partial charge in [-0.2, -0.15) is 18.3 Å². The molecule has 0 radical (unpaired) electrons. The molecule has 0 aliphatic carbocycles. The van der Waals surface area contributed by atoms with Gasteiger partial charge in [-0.1, -0.05) is 18.2 Å². The Morgan fingerprint density at radius 1 is 1.32 bits per heavy atom. The zero-order chi connectivity index (χ0) is 29.9. The van der Waals surface area contributed by atoms with Crippen molar-refractivity contribution in [3.8, 4) is 5.75 Å². The lowest BCUT2D eigenvalue weighted by atomic mass is 9.94. The number of rotatable bonds is 10. The zero-order valence-corrected chi connectivity index (χ0v) is 23.1. The van der Waals surface area contributed by atoms with Crippen LogP contribution in [0.15, 0.2) is 54.1 Å². The Labute approximate surface area is 231 Å². The molecule has 0 saturated carbocycles. The maximum Gasteiger partial charge on any atom is 0.459 e. The predicted octanol–water partition coefficient (Wildman–Crippen LogP) is 5.29. The van der Waals surface area contributed by atoms with Crippen molar-refractivity contribution in [3.05, 3.63) is 58.9 Å². The number of alkyl halides is 4. The van der Waals surface area contributed by atoms with Crippen molar-refractivity contribution in [2.24, 2.45) is 0 Å². The minimum absolute atomic E-state index is 0.0440. The van der Waals surface area contributed by atoms with E-state index in [2.05, 4.69) is 10.1 Å². The van der Waals surface area contributed by atoms with Crippen LogP contribution in [0.5, 0.6) is 5.75 Å². The number of ether oxygens (including phenoxy) is 2. The molecule has 17 heteroatoms. The summed E-state index contributed by atoms with van der Waals surface area (Å²) >= 11 is 4.94. The molecule has 0 saturated heterocycles. The number of nitrogens with zero attached hydrogens (tertiary/aromatic N) is 2. The van der Waals surface area contributed by atoms with E-state index in [4.69, 9.17) is 36.5 Å². The highest BCUT2D eigenvalue weighted by molar-refractivity contribution is 7.71. The second-order valence-electron chi connectivity index (χ2n) is 8.93. The van der Waals surface area contributed by atoms with E-state index in [9.17, 15) is 27.6 Å². The number of allylic oxidation sites excluding steroid dienone is 1. The number of halogens is 4. The highest BCUT2D eigenvalue weighted by atomic mass is 32.1. The lowest BCUT2D eigenvalue weighted by Crippen LogP contribution is -2.52. The van der Waals surface area contributed by atoms with E-state index in [0.717, 1.165) is 12.3 Å². The summed E-state index contributed by atoms with van der Waals surface area (Å²) in [6.07, 6.45) is -9.15. The minimum Gasteiger partial charge on any atom is -0.509 e.